The molecule has 0 radical (unpaired) electrons. The minimum atomic E-state index is -4.42. The quantitative estimate of drug-likeness (QED) is 0.582. The van der Waals surface area contributed by atoms with Crippen LogP contribution in [0.5, 0.6) is 0 Å². The zero-order chi connectivity index (χ0) is 15.2. The molecule has 0 fully saturated rings. The Morgan fingerprint density at radius 1 is 1.14 bits per heavy atom. The van der Waals surface area contributed by atoms with Crippen LogP contribution in [-0.4, -0.2) is 14.8 Å². The van der Waals surface area contributed by atoms with Crippen molar-refractivity contribution in [2.75, 3.05) is 0 Å². The van der Waals surface area contributed by atoms with Crippen LogP contribution in [0.15, 0.2) is 47.1 Å². The van der Waals surface area contributed by atoms with E-state index in [9.17, 15) is 14.4 Å². The van der Waals surface area contributed by atoms with Gasteiger partial charge >= 0.3 is 7.60 Å². The third-order valence-corrected chi connectivity index (χ3v) is 5.43. The molecule has 0 unspecified atom stereocenters. The molecule has 0 aliphatic carbocycles. The van der Waals surface area contributed by atoms with Crippen molar-refractivity contribution in [1.29, 1.82) is 0 Å². The van der Waals surface area contributed by atoms with Crippen molar-refractivity contribution in [2.24, 2.45) is 0 Å². The fourth-order valence-corrected chi connectivity index (χ4v) is 3.77. The first-order valence-corrected chi connectivity index (χ1v) is 8.78. The summed E-state index contributed by atoms with van der Waals surface area (Å²) in [5.74, 6) is 0. The number of aromatic nitrogens is 1. The summed E-state index contributed by atoms with van der Waals surface area (Å²) in [6.07, 6.45) is 1.73. The fourth-order valence-electron chi connectivity index (χ4n) is 2.29. The zero-order valence-electron chi connectivity index (χ0n) is 10.5. The molecule has 0 aliphatic heterocycles. The number of fused-ring (bicyclic) bond motifs is 1. The minimum Gasteiger partial charge on any atom is -0.361 e. The summed E-state index contributed by atoms with van der Waals surface area (Å²) in [6, 6.07) is 10.5. The number of para-hydroxylation sites is 1. The van der Waals surface area contributed by atoms with Gasteiger partial charge in [-0.15, -0.1) is 0 Å². The smallest absolute Gasteiger partial charge is 0.356 e. The first-order valence-electron chi connectivity index (χ1n) is 5.99. The molecule has 108 valence electrons. The summed E-state index contributed by atoms with van der Waals surface area (Å²) in [7, 11) is -4.42. The first kappa shape index (κ1) is 14.8. The zero-order valence-corrected chi connectivity index (χ0v) is 13.8. The number of nitrogens with one attached hydrogen (secondary N) is 1. The van der Waals surface area contributed by atoms with Gasteiger partial charge in [-0.2, -0.15) is 0 Å². The molecule has 7 heteroatoms. The SMILES string of the molecule is O=P(O)(O)c1cc(Br)c(Cl)cc1-c1c[nH]c2ccccc12. The second kappa shape index (κ2) is 5.27. The van der Waals surface area contributed by atoms with Gasteiger partial charge in [0.05, 0.1) is 10.3 Å². The number of hydrogen-bond donors (Lipinski definition) is 3. The van der Waals surface area contributed by atoms with Crippen molar-refractivity contribution < 1.29 is 14.4 Å². The van der Waals surface area contributed by atoms with Gasteiger partial charge < -0.3 is 14.8 Å². The van der Waals surface area contributed by atoms with E-state index in [1.165, 1.54) is 6.07 Å². The lowest BCUT2D eigenvalue weighted by Crippen LogP contribution is -2.08. The number of rotatable bonds is 2. The molecule has 1 aromatic heterocycles. The molecule has 0 bridgehead atoms. The molecule has 3 N–H and O–H groups in total. The maximum absolute atomic E-state index is 11.8. The molecular weight excluding hydrogens is 376 g/mol. The summed E-state index contributed by atoms with van der Waals surface area (Å²) < 4.78 is 12.2. The van der Waals surface area contributed by atoms with Crippen molar-refractivity contribution in [2.45, 2.75) is 0 Å². The van der Waals surface area contributed by atoms with E-state index in [1.54, 1.807) is 12.3 Å². The van der Waals surface area contributed by atoms with E-state index >= 15 is 0 Å². The Morgan fingerprint density at radius 2 is 1.86 bits per heavy atom. The van der Waals surface area contributed by atoms with Crippen LogP contribution in [0.25, 0.3) is 22.0 Å². The number of hydrogen-bond acceptors (Lipinski definition) is 1. The molecule has 4 nitrogen and oxygen atoms in total. The minimum absolute atomic E-state index is 0.0523. The average molecular weight is 387 g/mol. The van der Waals surface area contributed by atoms with Crippen LogP contribution < -0.4 is 5.30 Å². The van der Waals surface area contributed by atoms with Crippen LogP contribution in [-0.2, 0) is 4.57 Å². The second-order valence-electron chi connectivity index (χ2n) is 4.58. The highest BCUT2D eigenvalue weighted by molar-refractivity contribution is 9.10. The monoisotopic (exact) mass is 385 g/mol. The van der Waals surface area contributed by atoms with E-state index in [2.05, 4.69) is 20.9 Å². The van der Waals surface area contributed by atoms with Crippen LogP contribution in [0.2, 0.25) is 5.02 Å². The van der Waals surface area contributed by atoms with Gasteiger partial charge in [0.2, 0.25) is 0 Å². The maximum Gasteiger partial charge on any atom is 0.356 e. The van der Waals surface area contributed by atoms with Crippen molar-refractivity contribution in [3.05, 3.63) is 52.1 Å². The second-order valence-corrected chi connectivity index (χ2v) is 7.41. The molecule has 0 atom stereocenters. The average Bonchev–Trinajstić information content (AvgIpc) is 2.84. The third-order valence-electron chi connectivity index (χ3n) is 3.23. The Balaban J connectivity index is 2.36. The number of halogens is 2. The summed E-state index contributed by atoms with van der Waals surface area (Å²) in [4.78, 5) is 22.3. The van der Waals surface area contributed by atoms with Gasteiger partial charge in [-0.25, -0.2) is 0 Å². The van der Waals surface area contributed by atoms with Crippen LogP contribution in [0.3, 0.4) is 0 Å². The molecule has 0 amide bonds. The highest BCUT2D eigenvalue weighted by Gasteiger charge is 2.25. The molecule has 0 aliphatic rings. The molecule has 3 aromatic rings. The van der Waals surface area contributed by atoms with Gasteiger partial charge in [0, 0.05) is 32.7 Å². The lowest BCUT2D eigenvalue weighted by molar-refractivity contribution is 0.387. The first-order chi connectivity index (χ1) is 9.88. The summed E-state index contributed by atoms with van der Waals surface area (Å²) in [5, 5.41) is 1.22. The van der Waals surface area contributed by atoms with Crippen molar-refractivity contribution >= 4 is 51.3 Å². The van der Waals surface area contributed by atoms with Crippen LogP contribution in [0.1, 0.15) is 0 Å². The summed E-state index contributed by atoms with van der Waals surface area (Å²) in [5.41, 5.74) is 2.02. The van der Waals surface area contributed by atoms with Crippen LogP contribution in [0, 0.1) is 0 Å². The Labute approximate surface area is 134 Å². The van der Waals surface area contributed by atoms with E-state index in [1.807, 2.05) is 24.3 Å². The Hall–Kier alpha value is -1.10. The van der Waals surface area contributed by atoms with Crippen molar-refractivity contribution in [1.82, 2.24) is 4.98 Å². The fraction of sp³-hybridized carbons (Fsp3) is 0. The molecule has 1 heterocycles. The molecular formula is C14H10BrClNO3P. The topological polar surface area (TPSA) is 73.3 Å². The van der Waals surface area contributed by atoms with Crippen molar-refractivity contribution in [3.63, 3.8) is 0 Å². The van der Waals surface area contributed by atoms with Crippen molar-refractivity contribution in [3.8, 4) is 11.1 Å². The summed E-state index contributed by atoms with van der Waals surface area (Å²) in [6.45, 7) is 0. The van der Waals surface area contributed by atoms with Crippen LogP contribution in [0.4, 0.5) is 0 Å². The van der Waals surface area contributed by atoms with E-state index in [0.29, 0.717) is 20.6 Å². The molecule has 2 aromatic carbocycles. The van der Waals surface area contributed by atoms with Crippen LogP contribution >= 0.6 is 35.1 Å². The highest BCUT2D eigenvalue weighted by Crippen LogP contribution is 2.42. The largest absolute Gasteiger partial charge is 0.361 e. The Kier molecular flexibility index (Phi) is 3.72. The molecule has 0 saturated carbocycles. The maximum atomic E-state index is 11.8. The summed E-state index contributed by atoms with van der Waals surface area (Å²) >= 11 is 9.30. The third kappa shape index (κ3) is 2.68. The Bertz CT molecular complexity index is 887. The van der Waals surface area contributed by atoms with E-state index < -0.39 is 7.60 Å². The van der Waals surface area contributed by atoms with Gasteiger partial charge in [-0.3, -0.25) is 4.57 Å². The Morgan fingerprint density at radius 3 is 2.57 bits per heavy atom. The lowest BCUT2D eigenvalue weighted by Gasteiger charge is -2.12. The van der Waals surface area contributed by atoms with E-state index in [-0.39, 0.29) is 5.30 Å². The van der Waals surface area contributed by atoms with E-state index in [4.69, 9.17) is 11.6 Å². The van der Waals surface area contributed by atoms with Gasteiger partial charge in [-0.05, 0) is 34.1 Å². The highest BCUT2D eigenvalue weighted by atomic mass is 79.9. The molecule has 0 spiro atoms. The van der Waals surface area contributed by atoms with Gasteiger partial charge in [0.15, 0.2) is 0 Å². The molecule has 3 rings (SSSR count). The lowest BCUT2D eigenvalue weighted by atomic mass is 10.0. The van der Waals surface area contributed by atoms with Gasteiger partial charge in [-0.1, -0.05) is 29.8 Å². The number of H-pyrrole nitrogens is 1. The van der Waals surface area contributed by atoms with Gasteiger partial charge in [0.1, 0.15) is 0 Å². The number of aromatic amines is 1. The predicted octanol–water partition coefficient (Wildman–Crippen LogP) is 4.05. The molecule has 21 heavy (non-hydrogen) atoms. The van der Waals surface area contributed by atoms with E-state index in [0.717, 1.165) is 10.9 Å². The molecule has 0 saturated heterocycles. The predicted molar refractivity (Wildman–Crippen MR) is 88.1 cm³/mol. The normalized spacial score (nSPS) is 12.0. The van der Waals surface area contributed by atoms with Gasteiger partial charge in [0.25, 0.3) is 0 Å². The number of benzene rings is 2. The standard InChI is InChI=1S/C14H10BrClNO3P/c15-11-6-14(21(18,19)20)9(5-12(11)16)10-7-17-13-4-2-1-3-8(10)13/h1-7,17H,(H2,18,19,20).